The molecule has 2 fully saturated rings. The SMILES string of the molecule is O=C(O)[C@H]1CC[C@@H](N2C(=O)/C(=C/c3cc(-c4ccc(F)c(C(F)(F)F)c4)cs3)SC2=S)C1. The van der Waals surface area contributed by atoms with E-state index in [0.717, 1.165) is 23.9 Å². The third-order valence-electron chi connectivity index (χ3n) is 5.44. The number of carbonyl (C=O) groups is 2. The van der Waals surface area contributed by atoms with Gasteiger partial charge in [-0.1, -0.05) is 30.0 Å². The number of nitrogens with zero attached hydrogens (tertiary/aromatic N) is 1. The molecule has 1 aliphatic heterocycles. The maximum atomic E-state index is 13.6. The zero-order valence-corrected chi connectivity index (χ0v) is 18.6. The summed E-state index contributed by atoms with van der Waals surface area (Å²) in [6.07, 6.45) is -1.78. The van der Waals surface area contributed by atoms with Crippen LogP contribution in [-0.2, 0) is 15.8 Å². The molecule has 1 aromatic heterocycles. The third kappa shape index (κ3) is 4.46. The highest BCUT2D eigenvalue weighted by molar-refractivity contribution is 8.26. The number of thiocarbonyl (C=S) groups is 1. The van der Waals surface area contributed by atoms with Gasteiger partial charge in [0.25, 0.3) is 5.91 Å². The molecule has 4 nitrogen and oxygen atoms in total. The Morgan fingerprint density at radius 1 is 1.22 bits per heavy atom. The lowest BCUT2D eigenvalue weighted by Gasteiger charge is -2.22. The quantitative estimate of drug-likeness (QED) is 0.315. The summed E-state index contributed by atoms with van der Waals surface area (Å²) in [5.74, 6) is -3.01. The third-order valence-corrected chi connectivity index (χ3v) is 7.65. The van der Waals surface area contributed by atoms with Crippen molar-refractivity contribution in [3.05, 3.63) is 50.8 Å². The van der Waals surface area contributed by atoms with Crippen LogP contribution in [0, 0.1) is 11.7 Å². The van der Waals surface area contributed by atoms with Crippen LogP contribution in [0.4, 0.5) is 17.6 Å². The zero-order chi connectivity index (χ0) is 23.2. The first kappa shape index (κ1) is 22.9. The smallest absolute Gasteiger partial charge is 0.419 e. The monoisotopic (exact) mass is 501 g/mol. The minimum atomic E-state index is -4.80. The average molecular weight is 502 g/mol. The van der Waals surface area contributed by atoms with Gasteiger partial charge in [-0.25, -0.2) is 4.39 Å². The Bertz CT molecular complexity index is 1140. The number of carboxylic acids is 1. The average Bonchev–Trinajstić information content (AvgIpc) is 3.42. The molecule has 0 bridgehead atoms. The van der Waals surface area contributed by atoms with Crippen LogP contribution in [0.1, 0.15) is 29.7 Å². The predicted octanol–water partition coefficient (Wildman–Crippen LogP) is 6.03. The second kappa shape index (κ2) is 8.60. The standard InChI is InChI=1S/C21H15F4NO3S3/c22-16-4-2-10(7-15(16)21(23,24)25)12-6-14(31-9-12)8-17-18(27)26(20(30)32-17)13-3-1-11(5-13)19(28)29/h2,4,6-9,11,13H,1,3,5H2,(H,28,29)/b17-8-/t11-,13+/m0/s1. The number of hydrogen-bond donors (Lipinski definition) is 1. The molecule has 1 saturated heterocycles. The van der Waals surface area contributed by atoms with Crippen molar-refractivity contribution in [1.29, 1.82) is 0 Å². The number of carbonyl (C=O) groups excluding carboxylic acids is 1. The lowest BCUT2D eigenvalue weighted by molar-refractivity contribution is -0.142. The highest BCUT2D eigenvalue weighted by Crippen LogP contribution is 2.41. The zero-order valence-electron chi connectivity index (χ0n) is 16.2. The first-order valence-electron chi connectivity index (χ1n) is 9.50. The summed E-state index contributed by atoms with van der Waals surface area (Å²) in [5.41, 5.74) is -0.644. The lowest BCUT2D eigenvalue weighted by atomic mass is 10.0. The molecular weight excluding hydrogens is 486 g/mol. The first-order valence-corrected chi connectivity index (χ1v) is 11.6. The summed E-state index contributed by atoms with van der Waals surface area (Å²) in [6.45, 7) is 0. The Balaban J connectivity index is 1.55. The van der Waals surface area contributed by atoms with Crippen molar-refractivity contribution in [2.24, 2.45) is 5.92 Å². The van der Waals surface area contributed by atoms with E-state index in [1.165, 1.54) is 22.3 Å². The van der Waals surface area contributed by atoms with E-state index in [2.05, 4.69) is 0 Å². The second-order valence-corrected chi connectivity index (χ2v) is 10.1. The molecule has 2 aliphatic rings. The molecule has 1 aliphatic carbocycles. The van der Waals surface area contributed by atoms with Crippen molar-refractivity contribution >= 4 is 57.6 Å². The van der Waals surface area contributed by atoms with Crippen LogP contribution in [0.5, 0.6) is 0 Å². The van der Waals surface area contributed by atoms with E-state index in [0.29, 0.717) is 38.9 Å². The van der Waals surface area contributed by atoms with E-state index >= 15 is 0 Å². The van der Waals surface area contributed by atoms with E-state index in [1.54, 1.807) is 17.5 Å². The minimum absolute atomic E-state index is 0.216. The summed E-state index contributed by atoms with van der Waals surface area (Å²) in [7, 11) is 0. The topological polar surface area (TPSA) is 57.6 Å². The number of hydrogen-bond acceptors (Lipinski definition) is 5. The summed E-state index contributed by atoms with van der Waals surface area (Å²) in [5, 5.41) is 10.8. The largest absolute Gasteiger partial charge is 0.481 e. The summed E-state index contributed by atoms with van der Waals surface area (Å²) in [6, 6.07) is 4.19. The molecule has 0 spiro atoms. The van der Waals surface area contributed by atoms with Crippen LogP contribution in [0.3, 0.4) is 0 Å². The van der Waals surface area contributed by atoms with Gasteiger partial charge in [-0.05, 0) is 60.0 Å². The first-order chi connectivity index (χ1) is 15.0. The molecule has 1 saturated carbocycles. The van der Waals surface area contributed by atoms with Gasteiger partial charge in [0.2, 0.25) is 0 Å². The molecule has 32 heavy (non-hydrogen) atoms. The highest BCUT2D eigenvalue weighted by Gasteiger charge is 2.42. The maximum absolute atomic E-state index is 13.6. The number of carboxylic acid groups (broad SMARTS) is 1. The normalized spacial score (nSPS) is 22.9. The molecule has 1 N–H and O–H groups in total. The molecule has 168 valence electrons. The number of alkyl halides is 3. The number of halogens is 4. The van der Waals surface area contributed by atoms with Crippen molar-refractivity contribution in [3.8, 4) is 11.1 Å². The van der Waals surface area contributed by atoms with Crippen molar-refractivity contribution in [1.82, 2.24) is 4.90 Å². The number of amides is 1. The molecule has 0 unspecified atom stereocenters. The fourth-order valence-electron chi connectivity index (χ4n) is 3.84. The molecule has 2 atom stereocenters. The van der Waals surface area contributed by atoms with Crippen molar-refractivity contribution in [2.45, 2.75) is 31.5 Å². The van der Waals surface area contributed by atoms with Gasteiger partial charge < -0.3 is 5.11 Å². The van der Waals surface area contributed by atoms with E-state index in [1.807, 2.05) is 0 Å². The fraction of sp³-hybridized carbons (Fsp3) is 0.286. The number of thiophene rings is 1. The Kier molecular flexibility index (Phi) is 6.17. The van der Waals surface area contributed by atoms with Crippen molar-refractivity contribution < 1.29 is 32.3 Å². The van der Waals surface area contributed by atoms with Gasteiger partial charge in [0, 0.05) is 10.9 Å². The van der Waals surface area contributed by atoms with E-state index in [9.17, 15) is 32.3 Å². The maximum Gasteiger partial charge on any atom is 0.419 e. The highest BCUT2D eigenvalue weighted by atomic mass is 32.2. The molecule has 2 aromatic rings. The van der Waals surface area contributed by atoms with Gasteiger partial charge in [0.05, 0.1) is 16.4 Å². The Hall–Kier alpha value is -2.24. The molecular formula is C21H15F4NO3S3. The molecule has 2 heterocycles. The Labute approximate surface area is 193 Å². The lowest BCUT2D eigenvalue weighted by Crippen LogP contribution is -2.37. The van der Waals surface area contributed by atoms with Crippen LogP contribution in [0.15, 0.2) is 34.6 Å². The summed E-state index contributed by atoms with van der Waals surface area (Å²) in [4.78, 5) is 26.6. The fourth-order valence-corrected chi connectivity index (χ4v) is 6.16. The van der Waals surface area contributed by atoms with Crippen LogP contribution in [0.25, 0.3) is 17.2 Å². The van der Waals surface area contributed by atoms with Crippen LogP contribution in [0.2, 0.25) is 0 Å². The van der Waals surface area contributed by atoms with E-state index in [-0.39, 0.29) is 17.5 Å². The van der Waals surface area contributed by atoms with Crippen molar-refractivity contribution in [3.63, 3.8) is 0 Å². The van der Waals surface area contributed by atoms with Crippen LogP contribution in [-0.4, -0.2) is 32.2 Å². The van der Waals surface area contributed by atoms with E-state index in [4.69, 9.17) is 12.2 Å². The second-order valence-electron chi connectivity index (χ2n) is 7.48. The molecule has 0 radical (unpaired) electrons. The van der Waals surface area contributed by atoms with Gasteiger partial charge in [-0.2, -0.15) is 13.2 Å². The van der Waals surface area contributed by atoms with Gasteiger partial charge in [-0.15, -0.1) is 11.3 Å². The minimum Gasteiger partial charge on any atom is -0.481 e. The van der Waals surface area contributed by atoms with Gasteiger partial charge in [0.1, 0.15) is 10.1 Å². The number of benzene rings is 1. The van der Waals surface area contributed by atoms with Crippen LogP contribution >= 0.6 is 35.3 Å². The van der Waals surface area contributed by atoms with Gasteiger partial charge in [-0.3, -0.25) is 14.5 Å². The van der Waals surface area contributed by atoms with E-state index < -0.39 is 29.4 Å². The number of thioether (sulfide) groups is 1. The van der Waals surface area contributed by atoms with Gasteiger partial charge >= 0.3 is 12.1 Å². The number of aliphatic carboxylic acids is 1. The summed E-state index contributed by atoms with van der Waals surface area (Å²) >= 11 is 7.69. The Morgan fingerprint density at radius 2 is 1.97 bits per heavy atom. The molecule has 11 heteroatoms. The van der Waals surface area contributed by atoms with Crippen LogP contribution < -0.4 is 0 Å². The summed E-state index contributed by atoms with van der Waals surface area (Å²) < 4.78 is 52.9. The molecule has 1 amide bonds. The van der Waals surface area contributed by atoms with Gasteiger partial charge in [0.15, 0.2) is 0 Å². The predicted molar refractivity (Wildman–Crippen MR) is 118 cm³/mol. The van der Waals surface area contributed by atoms with Crippen molar-refractivity contribution in [2.75, 3.05) is 0 Å². The molecule has 1 aromatic carbocycles. The number of rotatable bonds is 4. The Morgan fingerprint density at radius 3 is 2.62 bits per heavy atom. The molecule has 4 rings (SSSR count).